The highest BCUT2D eigenvalue weighted by Crippen LogP contribution is 2.32. The van der Waals surface area contributed by atoms with Crippen LogP contribution in [-0.4, -0.2) is 19.1 Å². The van der Waals surface area contributed by atoms with E-state index in [0.717, 1.165) is 43.7 Å². The summed E-state index contributed by atoms with van der Waals surface area (Å²) in [6.07, 6.45) is 4.71. The van der Waals surface area contributed by atoms with Crippen molar-refractivity contribution in [2.45, 2.75) is 52.1 Å². The maximum absolute atomic E-state index is 13.8. The van der Waals surface area contributed by atoms with Crippen LogP contribution in [0.15, 0.2) is 18.2 Å². The van der Waals surface area contributed by atoms with Crippen molar-refractivity contribution in [1.29, 1.82) is 0 Å². The highest BCUT2D eigenvalue weighted by molar-refractivity contribution is 5.51. The van der Waals surface area contributed by atoms with Crippen LogP contribution in [0.25, 0.3) is 0 Å². The lowest BCUT2D eigenvalue weighted by Gasteiger charge is -2.25. The van der Waals surface area contributed by atoms with E-state index in [0.29, 0.717) is 6.04 Å². The molecule has 3 heteroatoms. The molecule has 0 saturated heterocycles. The van der Waals surface area contributed by atoms with Gasteiger partial charge in [0.1, 0.15) is 5.82 Å². The molecule has 1 aliphatic carbocycles. The Kier molecular flexibility index (Phi) is 5.20. The van der Waals surface area contributed by atoms with Gasteiger partial charge in [0, 0.05) is 24.8 Å². The van der Waals surface area contributed by atoms with Crippen molar-refractivity contribution in [2.75, 3.05) is 18.0 Å². The summed E-state index contributed by atoms with van der Waals surface area (Å²) in [4.78, 5) is 2.37. The smallest absolute Gasteiger partial charge is 0.125 e. The molecule has 2 nitrogen and oxygen atoms in total. The van der Waals surface area contributed by atoms with Crippen LogP contribution in [0.1, 0.15) is 45.1 Å². The van der Waals surface area contributed by atoms with Gasteiger partial charge in [-0.1, -0.05) is 13.8 Å². The SMILES string of the molecule is CCCNCc1cc(F)cc(N(CCC)C2CC2)c1. The minimum Gasteiger partial charge on any atom is -0.368 e. The molecule has 0 radical (unpaired) electrons. The fourth-order valence-electron chi connectivity index (χ4n) is 2.46. The lowest BCUT2D eigenvalue weighted by atomic mass is 10.1. The predicted octanol–water partition coefficient (Wildman–Crippen LogP) is 3.70. The van der Waals surface area contributed by atoms with E-state index >= 15 is 0 Å². The van der Waals surface area contributed by atoms with Crippen molar-refractivity contribution in [3.63, 3.8) is 0 Å². The van der Waals surface area contributed by atoms with E-state index in [1.807, 2.05) is 0 Å². The van der Waals surface area contributed by atoms with Crippen molar-refractivity contribution < 1.29 is 4.39 Å². The van der Waals surface area contributed by atoms with E-state index in [-0.39, 0.29) is 5.82 Å². The van der Waals surface area contributed by atoms with Gasteiger partial charge in [-0.15, -0.1) is 0 Å². The Morgan fingerprint density at radius 2 is 2.00 bits per heavy atom. The van der Waals surface area contributed by atoms with Crippen LogP contribution in [-0.2, 0) is 6.54 Å². The Morgan fingerprint density at radius 1 is 1.21 bits per heavy atom. The summed E-state index contributed by atoms with van der Waals surface area (Å²) in [7, 11) is 0. The van der Waals surface area contributed by atoms with Gasteiger partial charge in [0.05, 0.1) is 0 Å². The number of anilines is 1. The van der Waals surface area contributed by atoms with Gasteiger partial charge in [-0.3, -0.25) is 0 Å². The summed E-state index contributed by atoms with van der Waals surface area (Å²) >= 11 is 0. The second-order valence-corrected chi connectivity index (χ2v) is 5.42. The third-order valence-corrected chi connectivity index (χ3v) is 3.48. The first-order valence-electron chi connectivity index (χ1n) is 7.51. The van der Waals surface area contributed by atoms with E-state index in [9.17, 15) is 4.39 Å². The molecule has 1 N–H and O–H groups in total. The van der Waals surface area contributed by atoms with Crippen LogP contribution in [0.3, 0.4) is 0 Å². The Labute approximate surface area is 116 Å². The first-order chi connectivity index (χ1) is 9.24. The molecule has 1 fully saturated rings. The molecule has 0 bridgehead atoms. The Morgan fingerprint density at radius 3 is 2.63 bits per heavy atom. The first-order valence-corrected chi connectivity index (χ1v) is 7.51. The molecule has 0 amide bonds. The molecule has 0 unspecified atom stereocenters. The molecule has 2 rings (SSSR count). The lowest BCUT2D eigenvalue weighted by molar-refractivity contribution is 0.617. The number of hydrogen-bond acceptors (Lipinski definition) is 2. The molecule has 0 aliphatic heterocycles. The number of rotatable bonds is 8. The number of halogens is 1. The molecule has 0 heterocycles. The molecule has 1 aromatic rings. The molecule has 1 saturated carbocycles. The fraction of sp³-hybridized carbons (Fsp3) is 0.625. The Balaban J connectivity index is 2.09. The molecular formula is C16H25FN2. The predicted molar refractivity (Wildman–Crippen MR) is 79.1 cm³/mol. The molecule has 1 aliphatic rings. The topological polar surface area (TPSA) is 15.3 Å². The monoisotopic (exact) mass is 264 g/mol. The minimum absolute atomic E-state index is 0.118. The van der Waals surface area contributed by atoms with Gasteiger partial charge in [-0.05, 0) is 56.0 Å². The Bertz CT molecular complexity index is 402. The van der Waals surface area contributed by atoms with Crippen LogP contribution in [0, 0.1) is 5.82 Å². The van der Waals surface area contributed by atoms with Crippen LogP contribution in [0.5, 0.6) is 0 Å². The van der Waals surface area contributed by atoms with E-state index in [2.05, 4.69) is 30.1 Å². The normalized spacial score (nSPS) is 14.7. The zero-order chi connectivity index (χ0) is 13.7. The molecule has 19 heavy (non-hydrogen) atoms. The van der Waals surface area contributed by atoms with Crippen molar-refractivity contribution in [3.8, 4) is 0 Å². The summed E-state index contributed by atoms with van der Waals surface area (Å²) in [5, 5.41) is 3.34. The second-order valence-electron chi connectivity index (χ2n) is 5.42. The van der Waals surface area contributed by atoms with Crippen molar-refractivity contribution >= 4 is 5.69 Å². The summed E-state index contributed by atoms with van der Waals surface area (Å²) in [6, 6.07) is 6.10. The highest BCUT2D eigenvalue weighted by Gasteiger charge is 2.28. The van der Waals surface area contributed by atoms with E-state index in [1.165, 1.54) is 12.8 Å². The lowest BCUT2D eigenvalue weighted by Crippen LogP contribution is -2.26. The average molecular weight is 264 g/mol. The second kappa shape index (κ2) is 6.90. The summed E-state index contributed by atoms with van der Waals surface area (Å²) in [5.74, 6) is -0.118. The number of benzene rings is 1. The van der Waals surface area contributed by atoms with Gasteiger partial charge in [0.2, 0.25) is 0 Å². The number of hydrogen-bond donors (Lipinski definition) is 1. The van der Waals surface area contributed by atoms with Gasteiger partial charge in [0.15, 0.2) is 0 Å². The molecule has 0 aromatic heterocycles. The third kappa shape index (κ3) is 4.20. The largest absolute Gasteiger partial charge is 0.368 e. The number of nitrogens with zero attached hydrogens (tertiary/aromatic N) is 1. The minimum atomic E-state index is -0.118. The van der Waals surface area contributed by atoms with Gasteiger partial charge in [0.25, 0.3) is 0 Å². The van der Waals surface area contributed by atoms with Crippen LogP contribution in [0.4, 0.5) is 10.1 Å². The maximum Gasteiger partial charge on any atom is 0.125 e. The Hall–Kier alpha value is -1.09. The first kappa shape index (κ1) is 14.3. The highest BCUT2D eigenvalue weighted by atomic mass is 19.1. The summed E-state index contributed by atoms with van der Waals surface area (Å²) in [6.45, 7) is 7.07. The fourth-order valence-corrected chi connectivity index (χ4v) is 2.46. The third-order valence-electron chi connectivity index (χ3n) is 3.48. The summed E-state index contributed by atoms with van der Waals surface area (Å²) in [5.41, 5.74) is 2.10. The van der Waals surface area contributed by atoms with Gasteiger partial charge in [-0.2, -0.15) is 0 Å². The van der Waals surface area contributed by atoms with E-state index in [1.54, 1.807) is 12.1 Å². The van der Waals surface area contributed by atoms with Gasteiger partial charge >= 0.3 is 0 Å². The standard InChI is InChI=1S/C16H25FN2/c1-3-7-18-12-13-9-14(17)11-16(10-13)19(8-4-2)15-5-6-15/h9-11,15,18H,3-8,12H2,1-2H3. The van der Waals surface area contributed by atoms with Gasteiger partial charge < -0.3 is 10.2 Å². The maximum atomic E-state index is 13.8. The zero-order valence-electron chi connectivity index (χ0n) is 12.1. The number of nitrogens with one attached hydrogen (secondary N) is 1. The van der Waals surface area contributed by atoms with Crippen molar-refractivity contribution in [3.05, 3.63) is 29.6 Å². The zero-order valence-corrected chi connectivity index (χ0v) is 12.1. The quantitative estimate of drug-likeness (QED) is 0.720. The van der Waals surface area contributed by atoms with Gasteiger partial charge in [-0.25, -0.2) is 4.39 Å². The molecule has 1 aromatic carbocycles. The van der Waals surface area contributed by atoms with Crippen molar-refractivity contribution in [1.82, 2.24) is 5.32 Å². The van der Waals surface area contributed by atoms with E-state index < -0.39 is 0 Å². The van der Waals surface area contributed by atoms with Crippen LogP contribution >= 0.6 is 0 Å². The molecule has 0 spiro atoms. The average Bonchev–Trinajstić information content (AvgIpc) is 3.20. The molecular weight excluding hydrogens is 239 g/mol. The van der Waals surface area contributed by atoms with Crippen molar-refractivity contribution in [2.24, 2.45) is 0 Å². The molecule has 0 atom stereocenters. The van der Waals surface area contributed by atoms with E-state index in [4.69, 9.17) is 0 Å². The molecule has 106 valence electrons. The van der Waals surface area contributed by atoms with Crippen LogP contribution < -0.4 is 10.2 Å². The van der Waals surface area contributed by atoms with Crippen LogP contribution in [0.2, 0.25) is 0 Å². The summed E-state index contributed by atoms with van der Waals surface area (Å²) < 4.78 is 13.8.